The van der Waals surface area contributed by atoms with Crippen molar-refractivity contribution in [2.75, 3.05) is 6.61 Å². The van der Waals surface area contributed by atoms with E-state index >= 15 is 0 Å². The summed E-state index contributed by atoms with van der Waals surface area (Å²) in [7, 11) is 0. The van der Waals surface area contributed by atoms with E-state index in [1.807, 2.05) is 0 Å². The van der Waals surface area contributed by atoms with E-state index in [0.717, 1.165) is 0 Å². The van der Waals surface area contributed by atoms with Crippen molar-refractivity contribution >= 4 is 0 Å². The van der Waals surface area contributed by atoms with Crippen molar-refractivity contribution in [2.24, 2.45) is 5.73 Å². The maximum Gasteiger partial charge on any atom is 0.109 e. The standard InChI is InChI=1S/C5H10NO3/c6-3-2-9-4(1-7)5(3)8/h2-5,7-8H,1,6H2. The molecule has 1 radical (unpaired) electrons. The van der Waals surface area contributed by atoms with Crippen LogP contribution in [-0.2, 0) is 4.74 Å². The van der Waals surface area contributed by atoms with Crippen LogP contribution in [0, 0.1) is 6.61 Å². The molecule has 0 bridgehead atoms. The summed E-state index contributed by atoms with van der Waals surface area (Å²) in [6, 6.07) is -0.456. The van der Waals surface area contributed by atoms with Gasteiger partial charge in [0.1, 0.15) is 18.8 Å². The van der Waals surface area contributed by atoms with Gasteiger partial charge in [-0.3, -0.25) is 0 Å². The second-order valence-corrected chi connectivity index (χ2v) is 2.06. The smallest absolute Gasteiger partial charge is 0.109 e. The van der Waals surface area contributed by atoms with Crippen LogP contribution in [0.5, 0.6) is 0 Å². The normalized spacial score (nSPS) is 43.7. The van der Waals surface area contributed by atoms with E-state index in [0.29, 0.717) is 0 Å². The van der Waals surface area contributed by atoms with Crippen LogP contribution in [0.15, 0.2) is 0 Å². The molecule has 1 saturated heterocycles. The minimum Gasteiger partial charge on any atom is -0.394 e. The molecule has 0 spiro atoms. The topological polar surface area (TPSA) is 75.7 Å². The van der Waals surface area contributed by atoms with Crippen molar-refractivity contribution < 1.29 is 14.9 Å². The largest absolute Gasteiger partial charge is 0.394 e. The zero-order valence-electron chi connectivity index (χ0n) is 4.90. The van der Waals surface area contributed by atoms with Crippen molar-refractivity contribution in [3.63, 3.8) is 0 Å². The highest BCUT2D eigenvalue weighted by atomic mass is 16.5. The van der Waals surface area contributed by atoms with Crippen molar-refractivity contribution in [2.45, 2.75) is 18.2 Å². The van der Waals surface area contributed by atoms with E-state index in [1.165, 1.54) is 6.61 Å². The maximum absolute atomic E-state index is 9.02. The fourth-order valence-electron chi connectivity index (χ4n) is 0.752. The Hall–Kier alpha value is -0.160. The zero-order valence-corrected chi connectivity index (χ0v) is 4.90. The maximum atomic E-state index is 9.02. The van der Waals surface area contributed by atoms with E-state index in [9.17, 15) is 0 Å². The highest BCUT2D eigenvalue weighted by molar-refractivity contribution is 4.92. The molecule has 4 N–H and O–H groups in total. The van der Waals surface area contributed by atoms with Gasteiger partial charge < -0.3 is 20.7 Å². The molecule has 1 aliphatic rings. The minimum atomic E-state index is -0.755. The summed E-state index contributed by atoms with van der Waals surface area (Å²) in [4.78, 5) is 0. The lowest BCUT2D eigenvalue weighted by Crippen LogP contribution is -2.36. The van der Waals surface area contributed by atoms with Crippen LogP contribution in [0.25, 0.3) is 0 Å². The molecule has 0 aromatic rings. The number of aliphatic hydroxyl groups is 2. The Morgan fingerprint density at radius 3 is 2.56 bits per heavy atom. The first-order valence-corrected chi connectivity index (χ1v) is 2.79. The van der Waals surface area contributed by atoms with Gasteiger partial charge >= 0.3 is 0 Å². The molecule has 0 aliphatic carbocycles. The van der Waals surface area contributed by atoms with Gasteiger partial charge in [-0.05, 0) is 0 Å². The first-order valence-electron chi connectivity index (χ1n) is 2.79. The highest BCUT2D eigenvalue weighted by Gasteiger charge is 2.32. The third-order valence-electron chi connectivity index (χ3n) is 1.37. The quantitative estimate of drug-likeness (QED) is 0.394. The van der Waals surface area contributed by atoms with E-state index in [2.05, 4.69) is 0 Å². The molecule has 3 unspecified atom stereocenters. The minimum absolute atomic E-state index is 0.189. The highest BCUT2D eigenvalue weighted by Crippen LogP contribution is 2.14. The molecule has 0 aromatic heterocycles. The lowest BCUT2D eigenvalue weighted by atomic mass is 10.1. The van der Waals surface area contributed by atoms with Crippen molar-refractivity contribution in [3.8, 4) is 0 Å². The van der Waals surface area contributed by atoms with Crippen LogP contribution in [0.1, 0.15) is 0 Å². The molecule has 1 aliphatic heterocycles. The molecule has 4 nitrogen and oxygen atoms in total. The van der Waals surface area contributed by atoms with E-state index in [4.69, 9.17) is 20.7 Å². The van der Waals surface area contributed by atoms with E-state index in [1.54, 1.807) is 0 Å². The molecule has 1 fully saturated rings. The van der Waals surface area contributed by atoms with Crippen LogP contribution < -0.4 is 5.73 Å². The Labute approximate surface area is 53.2 Å². The summed E-state index contributed by atoms with van der Waals surface area (Å²) in [6.45, 7) is 1.15. The molecular weight excluding hydrogens is 122 g/mol. The first kappa shape index (κ1) is 6.95. The molecule has 1 heterocycles. The number of nitrogens with two attached hydrogens (primary N) is 1. The Balaban J connectivity index is 2.41. The van der Waals surface area contributed by atoms with Crippen molar-refractivity contribution in [1.29, 1.82) is 0 Å². The van der Waals surface area contributed by atoms with Gasteiger partial charge in [0, 0.05) is 0 Å². The molecule has 1 rings (SSSR count). The number of ether oxygens (including phenoxy) is 1. The van der Waals surface area contributed by atoms with Gasteiger partial charge in [-0.1, -0.05) is 0 Å². The van der Waals surface area contributed by atoms with Gasteiger partial charge in [0.05, 0.1) is 12.6 Å². The summed E-state index contributed by atoms with van der Waals surface area (Å²) in [5, 5.41) is 17.5. The van der Waals surface area contributed by atoms with E-state index in [-0.39, 0.29) is 6.61 Å². The lowest BCUT2D eigenvalue weighted by molar-refractivity contribution is 0.0151. The zero-order chi connectivity index (χ0) is 6.85. The Morgan fingerprint density at radius 1 is 1.67 bits per heavy atom. The number of hydrogen-bond donors (Lipinski definition) is 3. The summed E-state index contributed by atoms with van der Waals surface area (Å²) >= 11 is 0. The molecular formula is C5H10NO3. The van der Waals surface area contributed by atoms with Crippen LogP contribution in [0.3, 0.4) is 0 Å². The molecule has 0 saturated carbocycles. The molecule has 9 heavy (non-hydrogen) atoms. The predicted octanol–water partition coefficient (Wildman–Crippen LogP) is -1.77. The molecule has 3 atom stereocenters. The van der Waals surface area contributed by atoms with Crippen LogP contribution in [0.4, 0.5) is 0 Å². The molecule has 0 amide bonds. The van der Waals surface area contributed by atoms with Gasteiger partial charge in [-0.25, -0.2) is 0 Å². The van der Waals surface area contributed by atoms with Crippen LogP contribution in [0.2, 0.25) is 0 Å². The number of aliphatic hydroxyl groups excluding tert-OH is 2. The molecule has 0 aromatic carbocycles. The third-order valence-corrected chi connectivity index (χ3v) is 1.37. The fraction of sp³-hybridized carbons (Fsp3) is 0.800. The number of hydrogen-bond acceptors (Lipinski definition) is 4. The summed E-state index contributed by atoms with van der Waals surface area (Å²) in [6.07, 6.45) is -1.28. The van der Waals surface area contributed by atoms with Gasteiger partial charge in [-0.2, -0.15) is 0 Å². The van der Waals surface area contributed by atoms with E-state index < -0.39 is 18.2 Å². The fourth-order valence-corrected chi connectivity index (χ4v) is 0.752. The average molecular weight is 132 g/mol. The Kier molecular flexibility index (Phi) is 2.02. The molecule has 4 heteroatoms. The Morgan fingerprint density at radius 2 is 2.33 bits per heavy atom. The first-order chi connectivity index (χ1) is 4.25. The SMILES string of the molecule is NC1[CH]OC(CO)C1O. The second kappa shape index (κ2) is 2.62. The molecule has 53 valence electrons. The van der Waals surface area contributed by atoms with Crippen molar-refractivity contribution in [1.82, 2.24) is 0 Å². The Bertz CT molecular complexity index is 98.2. The summed E-state index contributed by atoms with van der Waals surface area (Å²) < 4.78 is 4.78. The van der Waals surface area contributed by atoms with Crippen molar-refractivity contribution in [3.05, 3.63) is 6.61 Å². The number of rotatable bonds is 1. The van der Waals surface area contributed by atoms with Gasteiger partial charge in [0.2, 0.25) is 0 Å². The predicted molar refractivity (Wildman–Crippen MR) is 30.2 cm³/mol. The van der Waals surface area contributed by atoms with Gasteiger partial charge in [0.25, 0.3) is 0 Å². The summed E-state index contributed by atoms with van der Waals surface area (Å²) in [5.41, 5.74) is 5.30. The van der Waals surface area contributed by atoms with Gasteiger partial charge in [-0.15, -0.1) is 0 Å². The second-order valence-electron chi connectivity index (χ2n) is 2.06. The summed E-state index contributed by atoms with van der Waals surface area (Å²) in [5.74, 6) is 0. The van der Waals surface area contributed by atoms with Gasteiger partial charge in [0.15, 0.2) is 0 Å². The monoisotopic (exact) mass is 132 g/mol. The third kappa shape index (κ3) is 1.21. The van der Waals surface area contributed by atoms with Crippen LogP contribution >= 0.6 is 0 Å². The van der Waals surface area contributed by atoms with Crippen LogP contribution in [-0.4, -0.2) is 35.1 Å². The average Bonchev–Trinajstić information content (AvgIpc) is 2.15. The lowest BCUT2D eigenvalue weighted by Gasteiger charge is -2.10.